The number of ether oxygens (including phenoxy) is 3. The summed E-state index contributed by atoms with van der Waals surface area (Å²) >= 11 is 0. The maximum absolute atomic E-state index is 12.2. The molecule has 0 aliphatic carbocycles. The van der Waals surface area contributed by atoms with Crippen LogP contribution >= 0.6 is 0 Å². The van der Waals surface area contributed by atoms with E-state index in [2.05, 4.69) is 36.4 Å². The van der Waals surface area contributed by atoms with Gasteiger partial charge in [0, 0.05) is 29.9 Å². The van der Waals surface area contributed by atoms with Gasteiger partial charge in [-0.1, -0.05) is 20.8 Å². The van der Waals surface area contributed by atoms with Crippen molar-refractivity contribution in [1.82, 2.24) is 10.3 Å². The minimum Gasteiger partial charge on any atom is -0.493 e. The highest BCUT2D eigenvalue weighted by Gasteiger charge is 2.13. The highest BCUT2D eigenvalue weighted by Crippen LogP contribution is 2.37. The Hall–Kier alpha value is -3.48. The normalized spacial score (nSPS) is 11.2. The summed E-state index contributed by atoms with van der Waals surface area (Å²) < 4.78 is 16.9. The highest BCUT2D eigenvalue weighted by atomic mass is 16.5. The minimum atomic E-state index is -0.216. The molecule has 0 radical (unpaired) electrons. The van der Waals surface area contributed by atoms with Crippen molar-refractivity contribution in [3.8, 4) is 23.0 Å². The first-order valence-electron chi connectivity index (χ1n) is 10.5. The van der Waals surface area contributed by atoms with Crippen LogP contribution in [0.15, 0.2) is 42.6 Å². The van der Waals surface area contributed by atoms with E-state index in [1.165, 1.54) is 0 Å². The largest absolute Gasteiger partial charge is 0.493 e. The second-order valence-electron chi connectivity index (χ2n) is 8.80. The fraction of sp³-hybridized carbons (Fsp3) is 0.360. The zero-order valence-corrected chi connectivity index (χ0v) is 19.5. The molecule has 0 aliphatic rings. The maximum Gasteiger partial charge on any atom is 0.319 e. The summed E-state index contributed by atoms with van der Waals surface area (Å²) in [6.07, 6.45) is 2.59. The third-order valence-electron chi connectivity index (χ3n) is 5.04. The fourth-order valence-corrected chi connectivity index (χ4v) is 3.22. The first-order valence-corrected chi connectivity index (χ1v) is 10.5. The Labute approximate surface area is 189 Å². The average molecular weight is 438 g/mol. The summed E-state index contributed by atoms with van der Waals surface area (Å²) in [5.74, 6) is 2.52. The van der Waals surface area contributed by atoms with Gasteiger partial charge >= 0.3 is 6.03 Å². The van der Waals surface area contributed by atoms with Gasteiger partial charge in [-0.2, -0.15) is 0 Å². The van der Waals surface area contributed by atoms with Gasteiger partial charge in [0.1, 0.15) is 11.5 Å². The lowest BCUT2D eigenvalue weighted by molar-refractivity contribution is 0.250. The SMILES string of the molecule is COc1cc2nccc(Oc3ccc(NC(=O)NCCC(C)(C)C)c(C)c3)c2cc1OC. The number of urea groups is 1. The number of nitrogens with zero attached hydrogens (tertiary/aromatic N) is 1. The number of aryl methyl sites for hydroxylation is 1. The Balaban J connectivity index is 1.74. The van der Waals surface area contributed by atoms with Gasteiger partial charge in [-0.05, 0) is 54.7 Å². The third kappa shape index (κ3) is 5.81. The van der Waals surface area contributed by atoms with E-state index in [4.69, 9.17) is 14.2 Å². The molecule has 2 N–H and O–H groups in total. The molecule has 1 aromatic heterocycles. The summed E-state index contributed by atoms with van der Waals surface area (Å²) in [7, 11) is 3.18. The second kappa shape index (κ2) is 9.77. The predicted molar refractivity (Wildman–Crippen MR) is 127 cm³/mol. The van der Waals surface area contributed by atoms with Crippen LogP contribution in [-0.2, 0) is 0 Å². The van der Waals surface area contributed by atoms with Crippen molar-refractivity contribution in [2.24, 2.45) is 5.41 Å². The van der Waals surface area contributed by atoms with Crippen LogP contribution in [0.2, 0.25) is 0 Å². The van der Waals surface area contributed by atoms with Gasteiger partial charge < -0.3 is 24.8 Å². The number of carbonyl (C=O) groups excluding carboxylic acids is 1. The Kier molecular flexibility index (Phi) is 7.08. The molecule has 0 saturated heterocycles. The number of benzene rings is 2. The van der Waals surface area contributed by atoms with Crippen LogP contribution in [0.25, 0.3) is 10.9 Å². The highest BCUT2D eigenvalue weighted by molar-refractivity contribution is 5.90. The third-order valence-corrected chi connectivity index (χ3v) is 5.04. The van der Waals surface area contributed by atoms with Gasteiger partial charge in [-0.3, -0.25) is 4.98 Å². The minimum absolute atomic E-state index is 0.175. The molecule has 0 atom stereocenters. The van der Waals surface area contributed by atoms with Gasteiger partial charge in [-0.25, -0.2) is 4.79 Å². The molecule has 7 nitrogen and oxygen atoms in total. The van der Waals surface area contributed by atoms with Crippen LogP contribution in [0.1, 0.15) is 32.8 Å². The maximum atomic E-state index is 12.2. The average Bonchev–Trinajstić information content (AvgIpc) is 2.74. The number of anilines is 1. The Morgan fingerprint density at radius 2 is 1.72 bits per heavy atom. The zero-order chi connectivity index (χ0) is 23.3. The van der Waals surface area contributed by atoms with Crippen molar-refractivity contribution in [2.75, 3.05) is 26.1 Å². The van der Waals surface area contributed by atoms with Crippen LogP contribution in [-0.4, -0.2) is 31.8 Å². The molecule has 0 fully saturated rings. The molecule has 3 rings (SSSR count). The molecule has 7 heteroatoms. The number of fused-ring (bicyclic) bond motifs is 1. The van der Waals surface area contributed by atoms with E-state index in [0.717, 1.165) is 28.6 Å². The van der Waals surface area contributed by atoms with Crippen LogP contribution in [0.5, 0.6) is 23.0 Å². The number of methoxy groups -OCH3 is 2. The number of rotatable bonds is 7. The quantitative estimate of drug-likeness (QED) is 0.480. The van der Waals surface area contributed by atoms with E-state index in [-0.39, 0.29) is 11.4 Å². The fourth-order valence-electron chi connectivity index (χ4n) is 3.22. The molecular formula is C25H31N3O4. The topological polar surface area (TPSA) is 81.7 Å². The van der Waals surface area contributed by atoms with Gasteiger partial charge in [-0.15, -0.1) is 0 Å². The lowest BCUT2D eigenvalue weighted by Crippen LogP contribution is -2.31. The number of nitrogens with one attached hydrogen (secondary N) is 2. The van der Waals surface area contributed by atoms with Gasteiger partial charge in [0.2, 0.25) is 0 Å². The second-order valence-corrected chi connectivity index (χ2v) is 8.80. The molecule has 32 heavy (non-hydrogen) atoms. The molecule has 0 aliphatic heterocycles. The smallest absolute Gasteiger partial charge is 0.319 e. The molecule has 170 valence electrons. The molecular weight excluding hydrogens is 406 g/mol. The van der Waals surface area contributed by atoms with Crippen molar-refractivity contribution in [1.29, 1.82) is 0 Å². The first-order chi connectivity index (χ1) is 15.2. The number of hydrogen-bond donors (Lipinski definition) is 2. The molecule has 0 spiro atoms. The molecule has 0 unspecified atom stereocenters. The van der Waals surface area contributed by atoms with E-state index >= 15 is 0 Å². The monoisotopic (exact) mass is 437 g/mol. The van der Waals surface area contributed by atoms with Gasteiger partial charge in [0.25, 0.3) is 0 Å². The standard InChI is InChI=1S/C25H31N3O4/c1-16-13-17(7-8-19(16)28-24(29)27-12-10-25(2,3)4)32-21-9-11-26-20-15-23(31-6)22(30-5)14-18(20)21/h7-9,11,13-15H,10,12H2,1-6H3,(H2,27,28,29). The van der Waals surface area contributed by atoms with Crippen LogP contribution < -0.4 is 24.8 Å². The van der Waals surface area contributed by atoms with Crippen LogP contribution in [0.4, 0.5) is 10.5 Å². The summed E-state index contributed by atoms with van der Waals surface area (Å²) in [4.78, 5) is 16.6. The van der Waals surface area contributed by atoms with E-state index in [0.29, 0.717) is 29.5 Å². The van der Waals surface area contributed by atoms with Crippen molar-refractivity contribution < 1.29 is 19.0 Å². The van der Waals surface area contributed by atoms with E-state index < -0.39 is 0 Å². The Bertz CT molecular complexity index is 1110. The molecule has 3 aromatic rings. The Morgan fingerprint density at radius 1 is 1.00 bits per heavy atom. The number of aromatic nitrogens is 1. The van der Waals surface area contributed by atoms with Gasteiger partial charge in [0.05, 0.1) is 19.7 Å². The van der Waals surface area contributed by atoms with Crippen molar-refractivity contribution in [3.05, 3.63) is 48.2 Å². The summed E-state index contributed by atoms with van der Waals surface area (Å²) in [6.45, 7) is 8.99. The van der Waals surface area contributed by atoms with Crippen molar-refractivity contribution in [2.45, 2.75) is 34.1 Å². The molecule has 0 saturated carbocycles. The Morgan fingerprint density at radius 3 is 2.38 bits per heavy atom. The molecule has 1 heterocycles. The lowest BCUT2D eigenvalue weighted by Gasteiger charge is -2.18. The molecule has 0 bridgehead atoms. The van der Waals surface area contributed by atoms with E-state index in [1.54, 1.807) is 26.5 Å². The number of carbonyl (C=O) groups is 1. The predicted octanol–water partition coefficient (Wildman–Crippen LogP) is 5.91. The van der Waals surface area contributed by atoms with Gasteiger partial charge in [0.15, 0.2) is 11.5 Å². The van der Waals surface area contributed by atoms with Crippen molar-refractivity contribution >= 4 is 22.6 Å². The van der Waals surface area contributed by atoms with Crippen LogP contribution in [0, 0.1) is 12.3 Å². The molecule has 2 aromatic carbocycles. The first kappa shape index (κ1) is 23.2. The number of amides is 2. The summed E-state index contributed by atoms with van der Waals surface area (Å²) in [5.41, 5.74) is 2.54. The van der Waals surface area contributed by atoms with Crippen LogP contribution in [0.3, 0.4) is 0 Å². The lowest BCUT2D eigenvalue weighted by atomic mass is 9.92. The number of hydrogen-bond acceptors (Lipinski definition) is 5. The summed E-state index contributed by atoms with van der Waals surface area (Å²) in [5, 5.41) is 6.61. The molecule has 2 amide bonds. The summed E-state index contributed by atoms with van der Waals surface area (Å²) in [6, 6.07) is 10.8. The van der Waals surface area contributed by atoms with E-state index in [1.807, 2.05) is 37.3 Å². The number of pyridine rings is 1. The van der Waals surface area contributed by atoms with Crippen molar-refractivity contribution in [3.63, 3.8) is 0 Å². The van der Waals surface area contributed by atoms with E-state index in [9.17, 15) is 4.79 Å². The zero-order valence-electron chi connectivity index (χ0n) is 19.5.